The molecule has 0 amide bonds. The highest BCUT2D eigenvalue weighted by molar-refractivity contribution is 5.45. The Bertz CT molecular complexity index is 310. The molecular formula is C10H15NO2. The molecule has 0 fully saturated rings. The van der Waals surface area contributed by atoms with E-state index in [1.165, 1.54) is 12.1 Å². The fourth-order valence-corrected chi connectivity index (χ4v) is 1.21. The number of phenolic OH excluding ortho intramolecular Hbond substituents is 2. The first-order valence-electron chi connectivity index (χ1n) is 4.34. The van der Waals surface area contributed by atoms with Gasteiger partial charge in [0.1, 0.15) is 11.5 Å². The average Bonchev–Trinajstić information content (AvgIpc) is 2.10. The van der Waals surface area contributed by atoms with Crippen molar-refractivity contribution in [2.45, 2.75) is 26.3 Å². The molecule has 0 aliphatic heterocycles. The second kappa shape index (κ2) is 3.66. The van der Waals surface area contributed by atoms with Gasteiger partial charge in [0, 0.05) is 11.6 Å². The number of rotatable bonds is 2. The summed E-state index contributed by atoms with van der Waals surface area (Å²) in [4.78, 5) is 0. The van der Waals surface area contributed by atoms with Crippen LogP contribution in [0, 0.1) is 6.92 Å². The molecule has 0 aliphatic carbocycles. The van der Waals surface area contributed by atoms with E-state index < -0.39 is 0 Å². The third-order valence-electron chi connectivity index (χ3n) is 2.18. The number of benzene rings is 1. The molecule has 0 saturated heterocycles. The third-order valence-corrected chi connectivity index (χ3v) is 2.18. The molecule has 3 nitrogen and oxygen atoms in total. The van der Waals surface area contributed by atoms with Crippen LogP contribution in [0.25, 0.3) is 0 Å². The molecule has 0 aromatic heterocycles. The largest absolute Gasteiger partial charge is 0.508 e. The summed E-state index contributed by atoms with van der Waals surface area (Å²) >= 11 is 0. The van der Waals surface area contributed by atoms with Crippen LogP contribution in [-0.4, -0.2) is 10.2 Å². The van der Waals surface area contributed by atoms with Gasteiger partial charge in [-0.05, 0) is 31.0 Å². The van der Waals surface area contributed by atoms with Gasteiger partial charge in [0.2, 0.25) is 0 Å². The molecule has 1 rings (SSSR count). The first-order valence-corrected chi connectivity index (χ1v) is 4.34. The Hall–Kier alpha value is -1.22. The van der Waals surface area contributed by atoms with Gasteiger partial charge in [0.15, 0.2) is 0 Å². The van der Waals surface area contributed by atoms with Gasteiger partial charge in [-0.15, -0.1) is 0 Å². The van der Waals surface area contributed by atoms with E-state index in [0.717, 1.165) is 6.42 Å². The fourth-order valence-electron chi connectivity index (χ4n) is 1.21. The molecule has 1 atom stereocenters. The normalized spacial score (nSPS) is 12.8. The minimum atomic E-state index is -0.216. The second-order valence-corrected chi connectivity index (χ2v) is 3.21. The topological polar surface area (TPSA) is 66.5 Å². The Morgan fingerprint density at radius 1 is 1.31 bits per heavy atom. The van der Waals surface area contributed by atoms with Gasteiger partial charge in [-0.25, -0.2) is 0 Å². The molecule has 0 bridgehead atoms. The number of hydrogen-bond donors (Lipinski definition) is 3. The van der Waals surface area contributed by atoms with Crippen molar-refractivity contribution in [3.05, 3.63) is 23.3 Å². The zero-order valence-corrected chi connectivity index (χ0v) is 7.91. The van der Waals surface area contributed by atoms with Crippen molar-refractivity contribution in [2.24, 2.45) is 5.73 Å². The second-order valence-electron chi connectivity index (χ2n) is 3.21. The highest BCUT2D eigenvalue weighted by Gasteiger charge is 2.11. The Balaban J connectivity index is 3.15. The van der Waals surface area contributed by atoms with Gasteiger partial charge in [0.05, 0.1) is 0 Å². The molecule has 0 radical (unpaired) electrons. The van der Waals surface area contributed by atoms with Crippen LogP contribution in [-0.2, 0) is 0 Å². The summed E-state index contributed by atoms with van der Waals surface area (Å²) in [6.07, 6.45) is 0.732. The number of hydrogen-bond acceptors (Lipinski definition) is 3. The SMILES string of the molecule is CCC(N)c1cc(O)c(C)cc1O. The maximum Gasteiger partial charge on any atom is 0.120 e. The van der Waals surface area contributed by atoms with Crippen molar-refractivity contribution in [3.63, 3.8) is 0 Å². The smallest absolute Gasteiger partial charge is 0.120 e. The molecule has 0 spiro atoms. The lowest BCUT2D eigenvalue weighted by Gasteiger charge is -2.12. The lowest BCUT2D eigenvalue weighted by Crippen LogP contribution is -2.08. The van der Waals surface area contributed by atoms with E-state index in [1.807, 2.05) is 6.92 Å². The van der Waals surface area contributed by atoms with Crippen molar-refractivity contribution in [1.82, 2.24) is 0 Å². The molecule has 72 valence electrons. The van der Waals surface area contributed by atoms with Gasteiger partial charge in [-0.1, -0.05) is 6.92 Å². The minimum absolute atomic E-state index is 0.157. The number of nitrogens with two attached hydrogens (primary N) is 1. The Kier molecular flexibility index (Phi) is 2.78. The van der Waals surface area contributed by atoms with Crippen molar-refractivity contribution in [3.8, 4) is 11.5 Å². The Morgan fingerprint density at radius 2 is 1.92 bits per heavy atom. The predicted octanol–water partition coefficient (Wildman–Crippen LogP) is 1.82. The molecular weight excluding hydrogens is 166 g/mol. The molecule has 3 heteroatoms. The van der Waals surface area contributed by atoms with Crippen LogP contribution in [0.1, 0.15) is 30.5 Å². The van der Waals surface area contributed by atoms with Crippen LogP contribution in [0.5, 0.6) is 11.5 Å². The summed E-state index contributed by atoms with van der Waals surface area (Å²) in [6.45, 7) is 3.66. The van der Waals surface area contributed by atoms with E-state index in [9.17, 15) is 10.2 Å². The van der Waals surface area contributed by atoms with E-state index in [4.69, 9.17) is 5.73 Å². The first kappa shape index (κ1) is 9.86. The average molecular weight is 181 g/mol. The Labute approximate surface area is 77.8 Å². The van der Waals surface area contributed by atoms with Gasteiger partial charge in [-0.3, -0.25) is 0 Å². The van der Waals surface area contributed by atoms with Gasteiger partial charge >= 0.3 is 0 Å². The molecule has 0 heterocycles. The third kappa shape index (κ3) is 1.92. The van der Waals surface area contributed by atoms with E-state index in [0.29, 0.717) is 11.1 Å². The van der Waals surface area contributed by atoms with E-state index in [-0.39, 0.29) is 17.5 Å². The van der Waals surface area contributed by atoms with Gasteiger partial charge in [-0.2, -0.15) is 0 Å². The van der Waals surface area contributed by atoms with Crippen LogP contribution in [0.3, 0.4) is 0 Å². The maximum absolute atomic E-state index is 9.53. The van der Waals surface area contributed by atoms with E-state index in [2.05, 4.69) is 0 Å². The summed E-state index contributed by atoms with van der Waals surface area (Å²) in [6, 6.07) is 2.84. The van der Waals surface area contributed by atoms with Crippen molar-refractivity contribution < 1.29 is 10.2 Å². The molecule has 13 heavy (non-hydrogen) atoms. The molecule has 0 aliphatic rings. The summed E-state index contributed by atoms with van der Waals surface area (Å²) in [7, 11) is 0. The Morgan fingerprint density at radius 3 is 2.46 bits per heavy atom. The van der Waals surface area contributed by atoms with Crippen LogP contribution in [0.4, 0.5) is 0 Å². The summed E-state index contributed by atoms with van der Waals surface area (Å²) < 4.78 is 0. The highest BCUT2D eigenvalue weighted by Crippen LogP contribution is 2.30. The number of aryl methyl sites for hydroxylation is 1. The van der Waals surface area contributed by atoms with Crippen molar-refractivity contribution in [1.29, 1.82) is 0 Å². The molecule has 1 unspecified atom stereocenters. The minimum Gasteiger partial charge on any atom is -0.508 e. The zero-order chi connectivity index (χ0) is 10.0. The van der Waals surface area contributed by atoms with Gasteiger partial charge < -0.3 is 15.9 Å². The summed E-state index contributed by atoms with van der Waals surface area (Å²) in [5.74, 6) is 0.335. The van der Waals surface area contributed by atoms with Crippen molar-refractivity contribution in [2.75, 3.05) is 0 Å². The van der Waals surface area contributed by atoms with Crippen LogP contribution in [0.15, 0.2) is 12.1 Å². The molecule has 4 N–H and O–H groups in total. The summed E-state index contributed by atoms with van der Waals surface area (Å²) in [5.41, 5.74) is 7.00. The first-order chi connectivity index (χ1) is 6.06. The van der Waals surface area contributed by atoms with Crippen molar-refractivity contribution >= 4 is 0 Å². The van der Waals surface area contributed by atoms with Gasteiger partial charge in [0.25, 0.3) is 0 Å². The summed E-state index contributed by atoms with van der Waals surface area (Å²) in [5, 5.41) is 18.9. The number of phenols is 2. The standard InChI is InChI=1S/C10H15NO2/c1-3-8(11)7-5-9(12)6(2)4-10(7)13/h4-5,8,12-13H,3,11H2,1-2H3. The highest BCUT2D eigenvalue weighted by atomic mass is 16.3. The molecule has 0 saturated carbocycles. The lowest BCUT2D eigenvalue weighted by molar-refractivity contribution is 0.444. The van der Waals surface area contributed by atoms with E-state index in [1.54, 1.807) is 6.92 Å². The maximum atomic E-state index is 9.53. The van der Waals surface area contributed by atoms with Crippen LogP contribution >= 0.6 is 0 Å². The van der Waals surface area contributed by atoms with Crippen LogP contribution in [0.2, 0.25) is 0 Å². The molecule has 1 aromatic rings. The molecule has 1 aromatic carbocycles. The zero-order valence-electron chi connectivity index (χ0n) is 7.91. The fraction of sp³-hybridized carbons (Fsp3) is 0.400. The predicted molar refractivity (Wildman–Crippen MR) is 51.7 cm³/mol. The van der Waals surface area contributed by atoms with Crippen LogP contribution < -0.4 is 5.73 Å². The monoisotopic (exact) mass is 181 g/mol. The lowest BCUT2D eigenvalue weighted by atomic mass is 10.0. The number of aromatic hydroxyl groups is 2. The quantitative estimate of drug-likeness (QED) is 0.609. The van der Waals surface area contributed by atoms with E-state index >= 15 is 0 Å².